The molecule has 0 spiro atoms. The summed E-state index contributed by atoms with van der Waals surface area (Å²) >= 11 is 3.31. The van der Waals surface area contributed by atoms with Crippen LogP contribution < -0.4 is 10.6 Å². The van der Waals surface area contributed by atoms with Gasteiger partial charge in [0.05, 0.1) is 16.8 Å². The van der Waals surface area contributed by atoms with Crippen LogP contribution in [0.1, 0.15) is 20.7 Å². The second kappa shape index (κ2) is 8.26. The third-order valence-corrected chi connectivity index (χ3v) is 3.82. The summed E-state index contributed by atoms with van der Waals surface area (Å²) in [6.45, 7) is -0.387. The summed E-state index contributed by atoms with van der Waals surface area (Å²) in [4.78, 5) is 35.6. The molecule has 0 aliphatic heterocycles. The highest BCUT2D eigenvalue weighted by Crippen LogP contribution is 2.20. The molecule has 0 heterocycles. The number of benzene rings is 2. The predicted octanol–water partition coefficient (Wildman–Crippen LogP) is 2.60. The van der Waals surface area contributed by atoms with Crippen molar-refractivity contribution in [1.29, 1.82) is 0 Å². The Morgan fingerprint density at radius 2 is 1.62 bits per heavy atom. The van der Waals surface area contributed by atoms with Gasteiger partial charge in [-0.2, -0.15) is 0 Å². The van der Waals surface area contributed by atoms with Crippen LogP contribution in [0.3, 0.4) is 0 Å². The zero-order valence-corrected chi connectivity index (χ0v) is 14.4. The lowest BCUT2D eigenvalue weighted by Crippen LogP contribution is -2.25. The van der Waals surface area contributed by atoms with E-state index in [1.807, 2.05) is 0 Å². The average molecular weight is 391 g/mol. The van der Waals surface area contributed by atoms with E-state index in [2.05, 4.69) is 26.6 Å². The molecule has 124 valence electrons. The van der Waals surface area contributed by atoms with Crippen LogP contribution in [0.25, 0.3) is 0 Å². The second-order valence-electron chi connectivity index (χ2n) is 4.73. The summed E-state index contributed by atoms with van der Waals surface area (Å²) in [5.41, 5.74) is 0.910. The zero-order valence-electron chi connectivity index (χ0n) is 12.8. The third kappa shape index (κ3) is 4.42. The number of hydrogen-bond donors (Lipinski definition) is 2. The lowest BCUT2D eigenvalue weighted by Gasteiger charge is -2.11. The molecular formula is C17H15BrN2O4. The highest BCUT2D eigenvalue weighted by molar-refractivity contribution is 9.10. The Labute approximate surface area is 147 Å². The molecule has 0 bridgehead atoms. The van der Waals surface area contributed by atoms with Crippen molar-refractivity contribution >= 4 is 39.4 Å². The van der Waals surface area contributed by atoms with Crippen molar-refractivity contribution in [2.24, 2.45) is 0 Å². The fourth-order valence-electron chi connectivity index (χ4n) is 1.89. The van der Waals surface area contributed by atoms with E-state index in [1.54, 1.807) is 42.5 Å². The Kier molecular flexibility index (Phi) is 6.08. The first kappa shape index (κ1) is 17.7. The molecule has 0 aliphatic carbocycles. The molecule has 0 aromatic heterocycles. The predicted molar refractivity (Wildman–Crippen MR) is 92.9 cm³/mol. The van der Waals surface area contributed by atoms with Crippen LogP contribution >= 0.6 is 15.9 Å². The molecule has 2 amide bonds. The van der Waals surface area contributed by atoms with E-state index in [1.165, 1.54) is 13.1 Å². The summed E-state index contributed by atoms with van der Waals surface area (Å²) in [5, 5.41) is 5.04. The summed E-state index contributed by atoms with van der Waals surface area (Å²) in [6.07, 6.45) is 0. The van der Waals surface area contributed by atoms with Gasteiger partial charge in [0.1, 0.15) is 0 Å². The molecule has 6 nitrogen and oxygen atoms in total. The topological polar surface area (TPSA) is 84.5 Å². The van der Waals surface area contributed by atoms with Crippen LogP contribution in [-0.4, -0.2) is 31.4 Å². The van der Waals surface area contributed by atoms with Crippen LogP contribution in [0.2, 0.25) is 0 Å². The van der Waals surface area contributed by atoms with Crippen LogP contribution in [-0.2, 0) is 9.53 Å². The highest BCUT2D eigenvalue weighted by atomic mass is 79.9. The van der Waals surface area contributed by atoms with Gasteiger partial charge >= 0.3 is 5.97 Å². The van der Waals surface area contributed by atoms with Gasteiger partial charge in [0.25, 0.3) is 11.8 Å². The van der Waals surface area contributed by atoms with Gasteiger partial charge in [0.2, 0.25) is 0 Å². The highest BCUT2D eigenvalue weighted by Gasteiger charge is 2.17. The molecule has 0 radical (unpaired) electrons. The van der Waals surface area contributed by atoms with Crippen LogP contribution in [0.4, 0.5) is 5.69 Å². The normalized spacial score (nSPS) is 9.92. The molecule has 0 saturated heterocycles. The average Bonchev–Trinajstić information content (AvgIpc) is 2.60. The number of carbonyl (C=O) groups is 3. The van der Waals surface area contributed by atoms with Crippen LogP contribution in [0.5, 0.6) is 0 Å². The summed E-state index contributed by atoms with van der Waals surface area (Å²) in [5.74, 6) is -1.48. The van der Waals surface area contributed by atoms with Gasteiger partial charge < -0.3 is 15.4 Å². The molecule has 0 aliphatic rings. The van der Waals surface area contributed by atoms with E-state index in [-0.39, 0.29) is 18.1 Å². The number of rotatable bonds is 5. The first-order valence-electron chi connectivity index (χ1n) is 7.05. The minimum Gasteiger partial charge on any atom is -0.452 e. The fourth-order valence-corrected chi connectivity index (χ4v) is 2.35. The van der Waals surface area contributed by atoms with Crippen molar-refractivity contribution < 1.29 is 19.1 Å². The van der Waals surface area contributed by atoms with Gasteiger partial charge in [-0.3, -0.25) is 9.59 Å². The van der Waals surface area contributed by atoms with Crippen molar-refractivity contribution in [2.45, 2.75) is 0 Å². The summed E-state index contributed by atoms with van der Waals surface area (Å²) in [7, 11) is 1.45. The molecule has 0 atom stereocenters. The summed E-state index contributed by atoms with van der Waals surface area (Å²) < 4.78 is 5.56. The molecule has 2 rings (SSSR count). The molecule has 2 aromatic carbocycles. The standard InChI is InChI=1S/C17H15BrN2O4/c1-19-15(21)10-24-17(23)12-7-3-5-9-14(12)20-16(22)11-6-2-4-8-13(11)18/h2-9H,10H2,1H3,(H,19,21)(H,20,22). The van der Waals surface area contributed by atoms with E-state index < -0.39 is 11.9 Å². The monoisotopic (exact) mass is 390 g/mol. The molecule has 0 unspecified atom stereocenters. The van der Waals surface area contributed by atoms with Gasteiger partial charge in [-0.25, -0.2) is 4.79 Å². The Balaban J connectivity index is 2.17. The first-order chi connectivity index (χ1) is 11.5. The quantitative estimate of drug-likeness (QED) is 0.768. The minimum atomic E-state index is -0.693. The number of ether oxygens (including phenoxy) is 1. The zero-order chi connectivity index (χ0) is 17.5. The maximum absolute atomic E-state index is 12.4. The third-order valence-electron chi connectivity index (χ3n) is 3.13. The number of halogens is 1. The lowest BCUT2D eigenvalue weighted by molar-refractivity contribution is -0.123. The Hall–Kier alpha value is -2.67. The van der Waals surface area contributed by atoms with E-state index >= 15 is 0 Å². The Bertz CT molecular complexity index is 777. The number of likely N-dealkylation sites (N-methyl/N-ethyl adjacent to an activating group) is 1. The van der Waals surface area contributed by atoms with E-state index in [0.717, 1.165) is 0 Å². The van der Waals surface area contributed by atoms with Gasteiger partial charge in [-0.1, -0.05) is 24.3 Å². The SMILES string of the molecule is CNC(=O)COC(=O)c1ccccc1NC(=O)c1ccccc1Br. The fraction of sp³-hybridized carbons (Fsp3) is 0.118. The number of amides is 2. The smallest absolute Gasteiger partial charge is 0.340 e. The van der Waals surface area contributed by atoms with Crippen molar-refractivity contribution in [3.63, 3.8) is 0 Å². The molecule has 2 N–H and O–H groups in total. The number of anilines is 1. The Morgan fingerprint density at radius 3 is 2.29 bits per heavy atom. The molecular weight excluding hydrogens is 376 g/mol. The van der Waals surface area contributed by atoms with Crippen molar-refractivity contribution in [3.8, 4) is 0 Å². The van der Waals surface area contributed by atoms with E-state index in [9.17, 15) is 14.4 Å². The molecule has 7 heteroatoms. The number of esters is 1. The van der Waals surface area contributed by atoms with Crippen molar-refractivity contribution in [2.75, 3.05) is 19.0 Å². The molecule has 0 fully saturated rings. The maximum Gasteiger partial charge on any atom is 0.340 e. The van der Waals surface area contributed by atoms with Crippen LogP contribution in [0.15, 0.2) is 53.0 Å². The van der Waals surface area contributed by atoms with Gasteiger partial charge in [-0.05, 0) is 40.2 Å². The molecule has 24 heavy (non-hydrogen) atoms. The number of hydrogen-bond acceptors (Lipinski definition) is 4. The van der Waals surface area contributed by atoms with Gasteiger partial charge in [0.15, 0.2) is 6.61 Å². The van der Waals surface area contributed by atoms with E-state index in [0.29, 0.717) is 15.7 Å². The van der Waals surface area contributed by atoms with Crippen molar-refractivity contribution in [3.05, 3.63) is 64.1 Å². The summed E-state index contributed by atoms with van der Waals surface area (Å²) in [6, 6.07) is 13.4. The van der Waals surface area contributed by atoms with E-state index in [4.69, 9.17) is 4.74 Å². The Morgan fingerprint density at radius 1 is 1.00 bits per heavy atom. The number of nitrogens with one attached hydrogen (secondary N) is 2. The molecule has 2 aromatic rings. The second-order valence-corrected chi connectivity index (χ2v) is 5.58. The number of carbonyl (C=O) groups excluding carboxylic acids is 3. The molecule has 0 saturated carbocycles. The first-order valence-corrected chi connectivity index (χ1v) is 7.85. The van der Waals surface area contributed by atoms with Crippen LogP contribution in [0, 0.1) is 0 Å². The number of para-hydroxylation sites is 1. The minimum absolute atomic E-state index is 0.168. The largest absolute Gasteiger partial charge is 0.452 e. The lowest BCUT2D eigenvalue weighted by atomic mass is 10.1. The van der Waals surface area contributed by atoms with Crippen molar-refractivity contribution in [1.82, 2.24) is 5.32 Å². The van der Waals surface area contributed by atoms with Gasteiger partial charge in [-0.15, -0.1) is 0 Å². The maximum atomic E-state index is 12.4. The van der Waals surface area contributed by atoms with Gasteiger partial charge in [0, 0.05) is 11.5 Å².